The number of imidazole rings is 1. The molecule has 1 aromatic carbocycles. The van der Waals surface area contributed by atoms with Crippen LogP contribution in [0.15, 0.2) is 48.8 Å². The van der Waals surface area contributed by atoms with E-state index in [0.717, 1.165) is 34.6 Å². The number of ether oxygens (including phenoxy) is 2. The van der Waals surface area contributed by atoms with Crippen molar-refractivity contribution in [3.05, 3.63) is 65.6 Å². The molecule has 1 amide bonds. The van der Waals surface area contributed by atoms with Gasteiger partial charge < -0.3 is 19.2 Å². The highest BCUT2D eigenvalue weighted by Crippen LogP contribution is 2.31. The number of nitrogens with one attached hydrogen (secondary N) is 1. The summed E-state index contributed by atoms with van der Waals surface area (Å²) in [6.07, 6.45) is 4.99. The molecule has 0 saturated heterocycles. The fourth-order valence-corrected chi connectivity index (χ4v) is 3.38. The van der Waals surface area contributed by atoms with Gasteiger partial charge in [0.1, 0.15) is 11.4 Å². The number of rotatable bonds is 9. The minimum atomic E-state index is -0.130. The maximum atomic E-state index is 12.6. The average molecular weight is 381 g/mol. The van der Waals surface area contributed by atoms with Crippen LogP contribution in [0.2, 0.25) is 0 Å². The molecule has 0 spiro atoms. The van der Waals surface area contributed by atoms with Crippen molar-refractivity contribution in [3.8, 4) is 5.75 Å². The zero-order chi connectivity index (χ0) is 19.9. The van der Waals surface area contributed by atoms with Crippen LogP contribution in [-0.4, -0.2) is 42.7 Å². The van der Waals surface area contributed by atoms with Crippen molar-refractivity contribution in [2.75, 3.05) is 27.4 Å². The Labute approximate surface area is 165 Å². The second kappa shape index (κ2) is 9.37. The summed E-state index contributed by atoms with van der Waals surface area (Å²) in [5.74, 6) is 0.647. The van der Waals surface area contributed by atoms with Gasteiger partial charge in [-0.3, -0.25) is 4.79 Å². The number of benzene rings is 1. The number of methoxy groups -OCH3 is 2. The molecule has 1 unspecified atom stereocenters. The van der Waals surface area contributed by atoms with E-state index in [2.05, 4.69) is 14.7 Å². The van der Waals surface area contributed by atoms with E-state index in [1.807, 2.05) is 55.7 Å². The molecule has 0 radical (unpaired) electrons. The lowest BCUT2D eigenvalue weighted by Gasteiger charge is -2.18. The molecular weight excluding hydrogens is 354 g/mol. The summed E-state index contributed by atoms with van der Waals surface area (Å²) in [4.78, 5) is 17.2. The first-order valence-electron chi connectivity index (χ1n) is 9.46. The summed E-state index contributed by atoms with van der Waals surface area (Å²) >= 11 is 0. The van der Waals surface area contributed by atoms with Crippen molar-refractivity contribution in [3.63, 3.8) is 0 Å². The maximum Gasteiger partial charge on any atom is 0.221 e. The van der Waals surface area contributed by atoms with E-state index in [4.69, 9.17) is 9.47 Å². The molecular formula is C22H27N3O3. The van der Waals surface area contributed by atoms with E-state index in [0.29, 0.717) is 19.6 Å². The van der Waals surface area contributed by atoms with Crippen LogP contribution in [0.4, 0.5) is 0 Å². The number of hydrogen-bond donors (Lipinski definition) is 1. The Kier molecular flexibility index (Phi) is 6.66. The highest BCUT2D eigenvalue weighted by Gasteiger charge is 2.22. The summed E-state index contributed by atoms with van der Waals surface area (Å²) in [6, 6.07) is 11.9. The van der Waals surface area contributed by atoms with Gasteiger partial charge in [0.2, 0.25) is 5.91 Å². The van der Waals surface area contributed by atoms with E-state index in [1.165, 1.54) is 0 Å². The minimum Gasteiger partial charge on any atom is -0.497 e. The normalized spacial score (nSPS) is 12.1. The van der Waals surface area contributed by atoms with E-state index in [9.17, 15) is 4.79 Å². The second-order valence-corrected chi connectivity index (χ2v) is 6.80. The second-order valence-electron chi connectivity index (χ2n) is 6.80. The van der Waals surface area contributed by atoms with Gasteiger partial charge in [0.15, 0.2) is 0 Å². The van der Waals surface area contributed by atoms with Crippen LogP contribution in [0.1, 0.15) is 35.6 Å². The quantitative estimate of drug-likeness (QED) is 0.578. The Balaban J connectivity index is 1.92. The average Bonchev–Trinajstić information content (AvgIpc) is 3.15. The van der Waals surface area contributed by atoms with Gasteiger partial charge in [-0.1, -0.05) is 18.2 Å². The van der Waals surface area contributed by atoms with Crippen LogP contribution in [0.5, 0.6) is 5.75 Å². The number of hydrogen-bond acceptors (Lipinski definition) is 4. The van der Waals surface area contributed by atoms with Gasteiger partial charge in [-0.2, -0.15) is 0 Å². The van der Waals surface area contributed by atoms with Gasteiger partial charge >= 0.3 is 0 Å². The molecule has 0 saturated carbocycles. The number of nitrogens with zero attached hydrogens (tertiary/aromatic N) is 2. The molecule has 3 rings (SSSR count). The van der Waals surface area contributed by atoms with Crippen molar-refractivity contribution in [1.29, 1.82) is 0 Å². The third kappa shape index (κ3) is 4.51. The SMILES string of the molecule is COCCCNC(=O)CC(c1cccc(OC)c1)c1cnc2c(C)cccn12. The molecule has 0 bridgehead atoms. The molecule has 1 N–H and O–H groups in total. The number of pyridine rings is 1. The minimum absolute atomic E-state index is 0.00604. The zero-order valence-electron chi connectivity index (χ0n) is 16.6. The van der Waals surface area contributed by atoms with Crippen molar-refractivity contribution in [2.45, 2.75) is 25.7 Å². The van der Waals surface area contributed by atoms with Crippen LogP contribution in [-0.2, 0) is 9.53 Å². The predicted molar refractivity (Wildman–Crippen MR) is 109 cm³/mol. The van der Waals surface area contributed by atoms with Crippen molar-refractivity contribution >= 4 is 11.6 Å². The lowest BCUT2D eigenvalue weighted by atomic mass is 9.92. The predicted octanol–water partition coefficient (Wildman–Crippen LogP) is 3.33. The van der Waals surface area contributed by atoms with Crippen molar-refractivity contribution < 1.29 is 14.3 Å². The molecule has 3 aromatic rings. The number of carbonyl (C=O) groups excluding carboxylic acids is 1. The Hall–Kier alpha value is -2.86. The lowest BCUT2D eigenvalue weighted by Crippen LogP contribution is -2.27. The first-order chi connectivity index (χ1) is 13.6. The molecule has 6 nitrogen and oxygen atoms in total. The molecule has 148 valence electrons. The molecule has 0 aliphatic heterocycles. The van der Waals surface area contributed by atoms with Gasteiger partial charge in [-0.15, -0.1) is 0 Å². The first-order valence-corrected chi connectivity index (χ1v) is 9.46. The summed E-state index contributed by atoms with van der Waals surface area (Å²) in [5, 5.41) is 2.99. The fourth-order valence-electron chi connectivity index (χ4n) is 3.38. The van der Waals surface area contributed by atoms with Gasteiger partial charge in [0.25, 0.3) is 0 Å². The molecule has 0 fully saturated rings. The van der Waals surface area contributed by atoms with Gasteiger partial charge in [0.05, 0.1) is 12.8 Å². The topological polar surface area (TPSA) is 64.9 Å². The Morgan fingerprint density at radius 1 is 1.25 bits per heavy atom. The summed E-state index contributed by atoms with van der Waals surface area (Å²) < 4.78 is 12.5. The lowest BCUT2D eigenvalue weighted by molar-refractivity contribution is -0.121. The van der Waals surface area contributed by atoms with Crippen LogP contribution in [0, 0.1) is 6.92 Å². The van der Waals surface area contributed by atoms with Gasteiger partial charge in [0, 0.05) is 45.0 Å². The van der Waals surface area contributed by atoms with E-state index < -0.39 is 0 Å². The monoisotopic (exact) mass is 381 g/mol. The molecule has 0 aliphatic carbocycles. The van der Waals surface area contributed by atoms with Crippen molar-refractivity contribution in [2.24, 2.45) is 0 Å². The number of fused-ring (bicyclic) bond motifs is 1. The number of carbonyl (C=O) groups is 1. The van der Waals surface area contributed by atoms with E-state index >= 15 is 0 Å². The molecule has 28 heavy (non-hydrogen) atoms. The van der Waals surface area contributed by atoms with E-state index in [1.54, 1.807) is 14.2 Å². The summed E-state index contributed by atoms with van der Waals surface area (Å²) in [6.45, 7) is 3.27. The highest BCUT2D eigenvalue weighted by atomic mass is 16.5. The van der Waals surface area contributed by atoms with Crippen LogP contribution in [0.3, 0.4) is 0 Å². The molecule has 2 heterocycles. The van der Waals surface area contributed by atoms with Crippen molar-refractivity contribution in [1.82, 2.24) is 14.7 Å². The Morgan fingerprint density at radius 2 is 2.11 bits per heavy atom. The van der Waals surface area contributed by atoms with Gasteiger partial charge in [-0.05, 0) is 42.7 Å². The molecule has 0 aliphatic rings. The summed E-state index contributed by atoms with van der Waals surface area (Å²) in [5.41, 5.74) is 4.02. The van der Waals surface area contributed by atoms with Gasteiger partial charge in [-0.25, -0.2) is 4.98 Å². The Bertz CT molecular complexity index is 936. The zero-order valence-corrected chi connectivity index (χ0v) is 16.6. The Morgan fingerprint density at radius 3 is 2.89 bits per heavy atom. The fraction of sp³-hybridized carbons (Fsp3) is 0.364. The number of aromatic nitrogens is 2. The molecule has 2 aromatic heterocycles. The van der Waals surface area contributed by atoms with Crippen LogP contribution < -0.4 is 10.1 Å². The van der Waals surface area contributed by atoms with E-state index in [-0.39, 0.29) is 11.8 Å². The summed E-state index contributed by atoms with van der Waals surface area (Å²) in [7, 11) is 3.31. The molecule has 6 heteroatoms. The molecule has 1 atom stereocenters. The van der Waals surface area contributed by atoms with Crippen LogP contribution in [0.25, 0.3) is 5.65 Å². The smallest absolute Gasteiger partial charge is 0.221 e. The van der Waals surface area contributed by atoms with Crippen LogP contribution >= 0.6 is 0 Å². The highest BCUT2D eigenvalue weighted by molar-refractivity contribution is 5.77. The number of amides is 1. The number of aryl methyl sites for hydroxylation is 1. The standard InChI is InChI=1S/C22H27N3O3/c1-16-7-5-11-25-20(15-24-22(16)25)19(14-21(26)23-10-6-12-27-2)17-8-4-9-18(13-17)28-3/h4-5,7-9,11,13,15,19H,6,10,12,14H2,1-3H3,(H,23,26). The third-order valence-corrected chi connectivity index (χ3v) is 4.85. The maximum absolute atomic E-state index is 12.6. The largest absolute Gasteiger partial charge is 0.497 e. The first kappa shape index (κ1) is 19.9. The third-order valence-electron chi connectivity index (χ3n) is 4.85.